The number of amides is 2. The van der Waals surface area contributed by atoms with Gasteiger partial charge in [-0.25, -0.2) is 4.79 Å². The number of anilines is 1. The molecule has 0 saturated heterocycles. The molecule has 0 radical (unpaired) electrons. The highest BCUT2D eigenvalue weighted by molar-refractivity contribution is 7.99. The van der Waals surface area contributed by atoms with Crippen molar-refractivity contribution in [2.75, 3.05) is 11.1 Å². The van der Waals surface area contributed by atoms with Crippen molar-refractivity contribution in [2.24, 2.45) is 11.8 Å². The molecule has 0 aliphatic heterocycles. The largest absolute Gasteiger partial charge is 0.481 e. The highest BCUT2D eigenvalue weighted by atomic mass is 32.2. The SMILES string of the molecule is CC(C#N)CSc1ccccc1NC(=O)NC1CCC(C(=O)O)CC1. The molecule has 3 N–H and O–H groups in total. The van der Waals surface area contributed by atoms with Gasteiger partial charge in [0.2, 0.25) is 0 Å². The fraction of sp³-hybridized carbons (Fsp3) is 0.500. The Labute approximate surface area is 152 Å². The van der Waals surface area contributed by atoms with E-state index >= 15 is 0 Å². The minimum atomic E-state index is -0.750. The van der Waals surface area contributed by atoms with Crippen LogP contribution in [0.3, 0.4) is 0 Å². The van der Waals surface area contributed by atoms with Gasteiger partial charge in [-0.1, -0.05) is 12.1 Å². The second kappa shape index (κ2) is 9.33. The standard InChI is InChI=1S/C18H23N3O3S/c1-12(10-19)11-25-16-5-3-2-4-15(16)21-18(24)20-14-8-6-13(7-9-14)17(22)23/h2-5,12-14H,6-9,11H2,1H3,(H,22,23)(H2,20,21,24). The second-order valence-corrected chi connectivity index (χ2v) is 7.38. The van der Waals surface area contributed by atoms with E-state index in [1.165, 1.54) is 0 Å². The Morgan fingerprint density at radius 1 is 1.32 bits per heavy atom. The van der Waals surface area contributed by atoms with E-state index < -0.39 is 5.97 Å². The number of rotatable bonds is 6. The molecule has 0 heterocycles. The number of urea groups is 1. The lowest BCUT2D eigenvalue weighted by molar-refractivity contribution is -0.142. The molecule has 0 spiro atoms. The molecule has 1 atom stereocenters. The first-order valence-corrected chi connectivity index (χ1v) is 9.40. The Kier molecular flexibility index (Phi) is 7.14. The normalized spacial score (nSPS) is 21.0. The third-order valence-electron chi connectivity index (χ3n) is 4.26. The smallest absolute Gasteiger partial charge is 0.319 e. The Hall–Kier alpha value is -2.20. The molecular formula is C18H23N3O3S. The number of hydrogen-bond donors (Lipinski definition) is 3. The van der Waals surface area contributed by atoms with E-state index in [1.54, 1.807) is 11.8 Å². The molecule has 2 amide bonds. The Balaban J connectivity index is 1.86. The molecule has 25 heavy (non-hydrogen) atoms. The molecule has 1 saturated carbocycles. The number of nitrogens with one attached hydrogen (secondary N) is 2. The zero-order valence-electron chi connectivity index (χ0n) is 14.2. The van der Waals surface area contributed by atoms with Gasteiger partial charge in [0, 0.05) is 16.7 Å². The van der Waals surface area contributed by atoms with Crippen LogP contribution in [0.15, 0.2) is 29.2 Å². The van der Waals surface area contributed by atoms with Gasteiger partial charge in [-0.3, -0.25) is 4.79 Å². The minimum Gasteiger partial charge on any atom is -0.481 e. The number of thioether (sulfide) groups is 1. The molecule has 134 valence electrons. The number of benzene rings is 1. The third kappa shape index (κ3) is 5.98. The Bertz CT molecular complexity index is 651. The molecule has 1 fully saturated rings. The quantitative estimate of drug-likeness (QED) is 0.671. The number of nitrogens with zero attached hydrogens (tertiary/aromatic N) is 1. The van der Waals surface area contributed by atoms with Gasteiger partial charge in [0.1, 0.15) is 0 Å². The zero-order valence-corrected chi connectivity index (χ0v) is 15.0. The maximum absolute atomic E-state index is 12.2. The fourth-order valence-corrected chi connectivity index (χ4v) is 3.73. The van der Waals surface area contributed by atoms with E-state index in [0.29, 0.717) is 31.4 Å². The zero-order chi connectivity index (χ0) is 18.2. The lowest BCUT2D eigenvalue weighted by Crippen LogP contribution is -2.41. The molecule has 1 aromatic rings. The van der Waals surface area contributed by atoms with Gasteiger partial charge in [-0.05, 0) is 44.7 Å². The highest BCUT2D eigenvalue weighted by Crippen LogP contribution is 2.29. The molecule has 0 bridgehead atoms. The van der Waals surface area contributed by atoms with Crippen LogP contribution < -0.4 is 10.6 Å². The molecule has 1 aliphatic carbocycles. The van der Waals surface area contributed by atoms with Crippen molar-refractivity contribution in [1.82, 2.24) is 5.32 Å². The number of nitriles is 1. The van der Waals surface area contributed by atoms with Crippen molar-refractivity contribution in [2.45, 2.75) is 43.5 Å². The van der Waals surface area contributed by atoms with Crippen LogP contribution in [0.5, 0.6) is 0 Å². The molecule has 1 aliphatic rings. The highest BCUT2D eigenvalue weighted by Gasteiger charge is 2.26. The number of carbonyl (C=O) groups is 2. The Morgan fingerprint density at radius 3 is 2.64 bits per heavy atom. The summed E-state index contributed by atoms with van der Waals surface area (Å²) in [4.78, 5) is 24.1. The summed E-state index contributed by atoms with van der Waals surface area (Å²) < 4.78 is 0. The van der Waals surface area contributed by atoms with Gasteiger partial charge >= 0.3 is 12.0 Å². The van der Waals surface area contributed by atoms with Gasteiger partial charge in [0.05, 0.1) is 23.6 Å². The number of carbonyl (C=O) groups excluding carboxylic acids is 1. The minimum absolute atomic E-state index is 0.00836. The van der Waals surface area contributed by atoms with E-state index in [-0.39, 0.29) is 23.9 Å². The van der Waals surface area contributed by atoms with E-state index in [9.17, 15) is 9.59 Å². The average Bonchev–Trinajstić information content (AvgIpc) is 2.61. The van der Waals surface area contributed by atoms with Crippen molar-refractivity contribution < 1.29 is 14.7 Å². The van der Waals surface area contributed by atoms with E-state index in [1.807, 2.05) is 31.2 Å². The summed E-state index contributed by atoms with van der Waals surface area (Å²) in [6, 6.07) is 9.43. The summed E-state index contributed by atoms with van der Waals surface area (Å²) in [5.74, 6) is -0.437. The molecule has 7 heteroatoms. The van der Waals surface area contributed by atoms with E-state index in [0.717, 1.165) is 10.6 Å². The van der Waals surface area contributed by atoms with Gasteiger partial charge in [-0.15, -0.1) is 11.8 Å². The number of carboxylic acids is 1. The van der Waals surface area contributed by atoms with Crippen molar-refractivity contribution >= 4 is 29.4 Å². The van der Waals surface area contributed by atoms with Crippen LogP contribution >= 0.6 is 11.8 Å². The van der Waals surface area contributed by atoms with Crippen molar-refractivity contribution in [3.05, 3.63) is 24.3 Å². The first-order valence-electron chi connectivity index (χ1n) is 8.41. The van der Waals surface area contributed by atoms with Gasteiger partial charge < -0.3 is 15.7 Å². The topological polar surface area (TPSA) is 102 Å². The Morgan fingerprint density at radius 2 is 2.00 bits per heavy atom. The lowest BCUT2D eigenvalue weighted by Gasteiger charge is -2.27. The van der Waals surface area contributed by atoms with Crippen LogP contribution in [0.25, 0.3) is 0 Å². The summed E-state index contributed by atoms with van der Waals surface area (Å²) >= 11 is 1.54. The molecule has 6 nitrogen and oxygen atoms in total. The second-order valence-electron chi connectivity index (χ2n) is 6.32. The molecule has 1 unspecified atom stereocenters. The average molecular weight is 361 g/mol. The van der Waals surface area contributed by atoms with Gasteiger partial charge in [-0.2, -0.15) is 5.26 Å². The van der Waals surface area contributed by atoms with Crippen molar-refractivity contribution in [3.63, 3.8) is 0 Å². The predicted octanol–water partition coefficient (Wildman–Crippen LogP) is 3.70. The maximum Gasteiger partial charge on any atom is 0.319 e. The summed E-state index contributed by atoms with van der Waals surface area (Å²) in [5, 5.41) is 23.7. The van der Waals surface area contributed by atoms with E-state index in [4.69, 9.17) is 10.4 Å². The van der Waals surface area contributed by atoms with Crippen LogP contribution in [0.2, 0.25) is 0 Å². The number of aliphatic carboxylic acids is 1. The summed E-state index contributed by atoms with van der Waals surface area (Å²) in [5.41, 5.74) is 0.717. The van der Waals surface area contributed by atoms with Crippen LogP contribution in [0.1, 0.15) is 32.6 Å². The predicted molar refractivity (Wildman–Crippen MR) is 97.5 cm³/mol. The van der Waals surface area contributed by atoms with Crippen LogP contribution in [0, 0.1) is 23.2 Å². The third-order valence-corrected chi connectivity index (χ3v) is 5.59. The summed E-state index contributed by atoms with van der Waals surface area (Å²) in [6.45, 7) is 1.86. The first kappa shape index (κ1) is 19.1. The monoisotopic (exact) mass is 361 g/mol. The summed E-state index contributed by atoms with van der Waals surface area (Å²) in [6.07, 6.45) is 2.55. The molecule has 1 aromatic carbocycles. The molecule has 2 rings (SSSR count). The summed E-state index contributed by atoms with van der Waals surface area (Å²) in [7, 11) is 0. The van der Waals surface area contributed by atoms with Gasteiger partial charge in [0.15, 0.2) is 0 Å². The molecule has 0 aromatic heterocycles. The fourth-order valence-electron chi connectivity index (χ4n) is 2.78. The van der Waals surface area contributed by atoms with Crippen molar-refractivity contribution in [3.8, 4) is 6.07 Å². The van der Waals surface area contributed by atoms with Crippen molar-refractivity contribution in [1.29, 1.82) is 5.26 Å². The number of hydrogen-bond acceptors (Lipinski definition) is 4. The van der Waals surface area contributed by atoms with Crippen LogP contribution in [-0.2, 0) is 4.79 Å². The number of para-hydroxylation sites is 1. The van der Waals surface area contributed by atoms with E-state index in [2.05, 4.69) is 16.7 Å². The maximum atomic E-state index is 12.2. The first-order chi connectivity index (χ1) is 12.0. The van der Waals surface area contributed by atoms with Crippen LogP contribution in [0.4, 0.5) is 10.5 Å². The van der Waals surface area contributed by atoms with Crippen LogP contribution in [-0.4, -0.2) is 28.9 Å². The van der Waals surface area contributed by atoms with Gasteiger partial charge in [0.25, 0.3) is 0 Å². The molecular weight excluding hydrogens is 338 g/mol. The number of carboxylic acid groups (broad SMARTS) is 1. The lowest BCUT2D eigenvalue weighted by atomic mass is 9.86.